The van der Waals surface area contributed by atoms with Crippen LogP contribution in [0.3, 0.4) is 0 Å². The van der Waals surface area contributed by atoms with Gasteiger partial charge in [0.25, 0.3) is 5.91 Å². The molecule has 1 atom stereocenters. The summed E-state index contributed by atoms with van der Waals surface area (Å²) in [7, 11) is 1.59. The van der Waals surface area contributed by atoms with Crippen LogP contribution in [0.15, 0.2) is 36.5 Å². The summed E-state index contributed by atoms with van der Waals surface area (Å²) in [6.45, 7) is -2.18. The second kappa shape index (κ2) is 6.36. The zero-order valence-electron chi connectivity index (χ0n) is 12.7. The monoisotopic (exact) mass is 321 g/mol. The Balaban J connectivity index is 1.87. The molecule has 0 aliphatic carbocycles. The molecule has 1 aromatic heterocycles. The SMILES string of the molecule is COc1ccccc1[C@H]1CCCN1C(=O)c1ccn(C(F)F)n1. The number of amides is 1. The normalized spacial score (nSPS) is 17.7. The van der Waals surface area contributed by atoms with Gasteiger partial charge in [0, 0.05) is 18.3 Å². The fourth-order valence-electron chi connectivity index (χ4n) is 2.98. The third-order valence-electron chi connectivity index (χ3n) is 4.04. The van der Waals surface area contributed by atoms with E-state index in [2.05, 4.69) is 5.10 Å². The largest absolute Gasteiger partial charge is 0.496 e. The molecular weight excluding hydrogens is 304 g/mol. The molecule has 1 saturated heterocycles. The van der Waals surface area contributed by atoms with Gasteiger partial charge in [0.1, 0.15) is 5.75 Å². The van der Waals surface area contributed by atoms with Gasteiger partial charge >= 0.3 is 6.55 Å². The average Bonchev–Trinajstić information content (AvgIpc) is 3.23. The Morgan fingerprint density at radius 1 is 1.35 bits per heavy atom. The fraction of sp³-hybridized carbons (Fsp3) is 0.375. The first-order valence-corrected chi connectivity index (χ1v) is 7.39. The first kappa shape index (κ1) is 15.5. The molecule has 122 valence electrons. The summed E-state index contributed by atoms with van der Waals surface area (Å²) in [6, 6.07) is 8.73. The summed E-state index contributed by atoms with van der Waals surface area (Å²) < 4.78 is 31.1. The van der Waals surface area contributed by atoms with Gasteiger partial charge in [-0.2, -0.15) is 13.9 Å². The van der Waals surface area contributed by atoms with Gasteiger partial charge in [-0.15, -0.1) is 0 Å². The van der Waals surface area contributed by atoms with E-state index in [-0.39, 0.29) is 17.6 Å². The molecule has 0 bridgehead atoms. The molecular formula is C16H17F2N3O2. The van der Waals surface area contributed by atoms with E-state index < -0.39 is 6.55 Å². The molecule has 1 fully saturated rings. The highest BCUT2D eigenvalue weighted by Crippen LogP contribution is 2.37. The topological polar surface area (TPSA) is 47.4 Å². The number of carbonyl (C=O) groups excluding carboxylic acids is 1. The van der Waals surface area contributed by atoms with Crippen LogP contribution in [0.5, 0.6) is 5.75 Å². The maximum atomic E-state index is 12.6. The van der Waals surface area contributed by atoms with E-state index in [9.17, 15) is 13.6 Å². The molecule has 7 heteroatoms. The molecule has 0 saturated carbocycles. The molecule has 2 aromatic rings. The van der Waals surface area contributed by atoms with Crippen LogP contribution >= 0.6 is 0 Å². The Morgan fingerprint density at radius 2 is 2.13 bits per heavy atom. The Morgan fingerprint density at radius 3 is 2.83 bits per heavy atom. The molecule has 23 heavy (non-hydrogen) atoms. The van der Waals surface area contributed by atoms with E-state index >= 15 is 0 Å². The zero-order valence-corrected chi connectivity index (χ0v) is 12.7. The summed E-state index contributed by atoms with van der Waals surface area (Å²) in [5.74, 6) is 0.383. The van der Waals surface area contributed by atoms with Gasteiger partial charge in [-0.05, 0) is 25.0 Å². The van der Waals surface area contributed by atoms with Gasteiger partial charge in [-0.1, -0.05) is 18.2 Å². The summed E-state index contributed by atoms with van der Waals surface area (Å²) in [5, 5.41) is 3.67. The van der Waals surface area contributed by atoms with E-state index in [0.717, 1.165) is 30.4 Å². The molecule has 5 nitrogen and oxygen atoms in total. The minimum atomic E-state index is -2.75. The van der Waals surface area contributed by atoms with Crippen molar-refractivity contribution < 1.29 is 18.3 Å². The fourth-order valence-corrected chi connectivity index (χ4v) is 2.98. The Bertz CT molecular complexity index is 702. The van der Waals surface area contributed by atoms with Gasteiger partial charge in [-0.25, -0.2) is 4.68 Å². The van der Waals surface area contributed by atoms with Crippen LogP contribution in [-0.4, -0.2) is 34.2 Å². The number of rotatable bonds is 4. The van der Waals surface area contributed by atoms with E-state index in [4.69, 9.17) is 4.74 Å². The summed E-state index contributed by atoms with van der Waals surface area (Å²) in [5.41, 5.74) is 0.959. The maximum Gasteiger partial charge on any atom is 0.333 e. The smallest absolute Gasteiger partial charge is 0.333 e. The quantitative estimate of drug-likeness (QED) is 0.868. The third kappa shape index (κ3) is 2.91. The lowest BCUT2D eigenvalue weighted by atomic mass is 10.0. The van der Waals surface area contributed by atoms with E-state index in [1.807, 2.05) is 24.3 Å². The summed E-state index contributed by atoms with van der Waals surface area (Å²) in [4.78, 5) is 14.3. The second-order valence-electron chi connectivity index (χ2n) is 5.36. The number of para-hydroxylation sites is 1. The van der Waals surface area contributed by atoms with Gasteiger partial charge in [0.15, 0.2) is 5.69 Å². The van der Waals surface area contributed by atoms with Crippen molar-refractivity contribution in [1.29, 1.82) is 0 Å². The van der Waals surface area contributed by atoms with Crippen LogP contribution in [0, 0.1) is 0 Å². The third-order valence-corrected chi connectivity index (χ3v) is 4.04. The van der Waals surface area contributed by atoms with E-state index in [1.54, 1.807) is 12.0 Å². The maximum absolute atomic E-state index is 12.6. The summed E-state index contributed by atoms with van der Waals surface area (Å²) in [6.07, 6.45) is 2.78. The zero-order chi connectivity index (χ0) is 16.4. The van der Waals surface area contributed by atoms with Crippen molar-refractivity contribution in [2.24, 2.45) is 0 Å². The van der Waals surface area contributed by atoms with Gasteiger partial charge in [0.2, 0.25) is 0 Å². The number of nitrogens with zero attached hydrogens (tertiary/aromatic N) is 3. The number of hydrogen-bond acceptors (Lipinski definition) is 3. The number of carbonyl (C=O) groups is 1. The van der Waals surface area contributed by atoms with Crippen LogP contribution in [0.4, 0.5) is 8.78 Å². The Kier molecular flexibility index (Phi) is 4.27. The van der Waals surface area contributed by atoms with Gasteiger partial charge in [-0.3, -0.25) is 4.79 Å². The second-order valence-corrected chi connectivity index (χ2v) is 5.36. The van der Waals surface area contributed by atoms with Crippen LogP contribution in [0.1, 0.15) is 41.5 Å². The highest BCUT2D eigenvalue weighted by atomic mass is 19.3. The molecule has 0 spiro atoms. The number of ether oxygens (including phenoxy) is 1. The molecule has 0 N–H and O–H groups in total. The Hall–Kier alpha value is -2.44. The minimum absolute atomic E-state index is 0.0343. The standard InChI is InChI=1S/C16H17F2N3O2/c1-23-14-7-3-2-5-11(14)13-6-4-9-20(13)15(22)12-8-10-21(19-12)16(17)18/h2-3,5,7-8,10,13,16H,4,6,9H2,1H3/t13-/m1/s1. The molecule has 0 radical (unpaired) electrons. The number of likely N-dealkylation sites (tertiary alicyclic amines) is 1. The number of alkyl halides is 2. The first-order valence-electron chi connectivity index (χ1n) is 7.39. The average molecular weight is 321 g/mol. The van der Waals surface area contributed by atoms with Crippen LogP contribution in [-0.2, 0) is 0 Å². The van der Waals surface area contributed by atoms with Crippen molar-refractivity contribution in [3.63, 3.8) is 0 Å². The molecule has 0 unspecified atom stereocenters. The van der Waals surface area contributed by atoms with Crippen LogP contribution < -0.4 is 4.74 Å². The number of hydrogen-bond donors (Lipinski definition) is 0. The lowest BCUT2D eigenvalue weighted by Gasteiger charge is -2.25. The predicted molar refractivity (Wildman–Crippen MR) is 79.5 cm³/mol. The van der Waals surface area contributed by atoms with Gasteiger partial charge < -0.3 is 9.64 Å². The van der Waals surface area contributed by atoms with Gasteiger partial charge in [0.05, 0.1) is 13.2 Å². The highest BCUT2D eigenvalue weighted by molar-refractivity contribution is 5.92. The van der Waals surface area contributed by atoms with Crippen molar-refractivity contribution >= 4 is 5.91 Å². The predicted octanol–water partition coefficient (Wildman–Crippen LogP) is 3.26. The number of aromatic nitrogens is 2. The lowest BCUT2D eigenvalue weighted by molar-refractivity contribution is 0.0549. The van der Waals surface area contributed by atoms with Crippen molar-refractivity contribution in [1.82, 2.24) is 14.7 Å². The Labute approximate surface area is 132 Å². The molecule has 1 amide bonds. The van der Waals surface area contributed by atoms with E-state index in [1.165, 1.54) is 6.07 Å². The van der Waals surface area contributed by atoms with Crippen molar-refractivity contribution in [3.05, 3.63) is 47.8 Å². The lowest BCUT2D eigenvalue weighted by Crippen LogP contribution is -2.31. The van der Waals surface area contributed by atoms with Crippen molar-refractivity contribution in [2.45, 2.75) is 25.4 Å². The van der Waals surface area contributed by atoms with Crippen molar-refractivity contribution in [2.75, 3.05) is 13.7 Å². The molecule has 1 aliphatic heterocycles. The number of halogens is 2. The van der Waals surface area contributed by atoms with Crippen molar-refractivity contribution in [3.8, 4) is 5.75 Å². The number of methoxy groups -OCH3 is 1. The molecule has 1 aromatic carbocycles. The molecule has 1 aliphatic rings. The van der Waals surface area contributed by atoms with Crippen LogP contribution in [0.25, 0.3) is 0 Å². The first-order chi connectivity index (χ1) is 11.1. The number of benzene rings is 1. The summed E-state index contributed by atoms with van der Waals surface area (Å²) >= 11 is 0. The van der Waals surface area contributed by atoms with Crippen LogP contribution in [0.2, 0.25) is 0 Å². The molecule has 2 heterocycles. The highest BCUT2D eigenvalue weighted by Gasteiger charge is 2.33. The van der Waals surface area contributed by atoms with E-state index in [0.29, 0.717) is 11.2 Å². The molecule has 3 rings (SSSR count). The minimum Gasteiger partial charge on any atom is -0.496 e.